The van der Waals surface area contributed by atoms with Crippen LogP contribution in [-0.2, 0) is 0 Å². The lowest BCUT2D eigenvalue weighted by Gasteiger charge is -2.33. The number of nitro benzene ring substituents is 1. The van der Waals surface area contributed by atoms with E-state index in [1.165, 1.54) is 17.7 Å². The molecule has 0 aromatic heterocycles. The van der Waals surface area contributed by atoms with E-state index < -0.39 is 4.92 Å². The van der Waals surface area contributed by atoms with Crippen molar-refractivity contribution in [2.75, 3.05) is 22.9 Å². The zero-order chi connectivity index (χ0) is 24.1. The number of carbonyl (C=O) groups excluding carboxylic acids is 2. The van der Waals surface area contributed by atoms with Crippen molar-refractivity contribution in [1.29, 1.82) is 0 Å². The summed E-state index contributed by atoms with van der Waals surface area (Å²) in [6.45, 7) is 9.27. The van der Waals surface area contributed by atoms with Gasteiger partial charge in [0.15, 0.2) is 0 Å². The third kappa shape index (κ3) is 5.08. The number of non-ortho nitro benzene ring substituents is 1. The fraction of sp³-hybridized carbons (Fsp3) is 0.417. The topological polar surface area (TPSA) is 108 Å². The van der Waals surface area contributed by atoms with Crippen molar-refractivity contribution in [2.45, 2.75) is 52.6 Å². The van der Waals surface area contributed by atoms with Crippen LogP contribution in [0, 0.1) is 10.1 Å². The molecular formula is C24H31N5O4. The molecule has 33 heavy (non-hydrogen) atoms. The molecule has 2 aliphatic rings. The molecule has 4 rings (SSSR count). The van der Waals surface area contributed by atoms with E-state index in [9.17, 15) is 19.7 Å². The van der Waals surface area contributed by atoms with Crippen LogP contribution in [0.25, 0.3) is 0 Å². The molecule has 0 spiro atoms. The van der Waals surface area contributed by atoms with Crippen molar-refractivity contribution in [3.8, 4) is 0 Å². The number of urea groups is 2. The van der Waals surface area contributed by atoms with Crippen molar-refractivity contribution >= 4 is 29.1 Å². The smallest absolute Gasteiger partial charge is 0.322 e. The highest BCUT2D eigenvalue weighted by Gasteiger charge is 2.29. The molecule has 2 aromatic rings. The Bertz CT molecular complexity index is 1040. The number of hydrogen-bond donors (Lipinski definition) is 2. The quantitative estimate of drug-likeness (QED) is 0.474. The third-order valence-electron chi connectivity index (χ3n) is 5.74. The maximum absolute atomic E-state index is 11.9. The minimum absolute atomic E-state index is 0.0167. The molecule has 2 aliphatic heterocycles. The van der Waals surface area contributed by atoms with E-state index in [1.807, 2.05) is 43.9 Å². The molecule has 9 heteroatoms. The number of hydrogen-bond acceptors (Lipinski definition) is 4. The Hall–Kier alpha value is -3.62. The normalized spacial score (nSPS) is 18.9. The Morgan fingerprint density at radius 1 is 0.848 bits per heavy atom. The van der Waals surface area contributed by atoms with Crippen LogP contribution in [0.15, 0.2) is 42.5 Å². The summed E-state index contributed by atoms with van der Waals surface area (Å²) < 4.78 is 0. The largest absolute Gasteiger partial charge is 0.331 e. The SMILES string of the molecule is CCCN1C(=O)NC(C)c2cc([N+](=O)[O-])ccc21.CCCN1C(=O)NC(C)c2ccccc21. The van der Waals surface area contributed by atoms with Crippen LogP contribution < -0.4 is 20.4 Å². The number of benzene rings is 2. The molecule has 0 saturated heterocycles. The Kier molecular flexibility index (Phi) is 7.52. The number of anilines is 2. The zero-order valence-corrected chi connectivity index (χ0v) is 19.5. The van der Waals surface area contributed by atoms with Crippen molar-refractivity contribution in [1.82, 2.24) is 10.6 Å². The van der Waals surface area contributed by atoms with Gasteiger partial charge in [0.25, 0.3) is 5.69 Å². The second-order valence-electron chi connectivity index (χ2n) is 8.20. The predicted octanol–water partition coefficient (Wildman–Crippen LogP) is 5.28. The van der Waals surface area contributed by atoms with Crippen LogP contribution in [0.1, 0.15) is 63.7 Å². The number of nitro groups is 1. The molecule has 4 amide bonds. The van der Waals surface area contributed by atoms with Gasteiger partial charge in [0.2, 0.25) is 0 Å². The van der Waals surface area contributed by atoms with Gasteiger partial charge in [0, 0.05) is 30.8 Å². The van der Waals surface area contributed by atoms with Crippen LogP contribution in [-0.4, -0.2) is 30.1 Å². The summed E-state index contributed by atoms with van der Waals surface area (Å²) in [5.74, 6) is 0. The van der Waals surface area contributed by atoms with Crippen LogP contribution >= 0.6 is 0 Å². The average Bonchev–Trinajstić information content (AvgIpc) is 2.79. The zero-order valence-electron chi connectivity index (χ0n) is 19.5. The average molecular weight is 454 g/mol. The second-order valence-corrected chi connectivity index (χ2v) is 8.20. The van der Waals surface area contributed by atoms with Gasteiger partial charge in [-0.1, -0.05) is 32.0 Å². The number of para-hydroxylation sites is 1. The summed E-state index contributed by atoms with van der Waals surface area (Å²) in [4.78, 5) is 37.4. The fourth-order valence-corrected chi connectivity index (χ4v) is 4.14. The summed E-state index contributed by atoms with van der Waals surface area (Å²) in [6.07, 6.45) is 1.80. The minimum Gasteiger partial charge on any atom is -0.331 e. The van der Waals surface area contributed by atoms with E-state index in [0.29, 0.717) is 6.54 Å². The van der Waals surface area contributed by atoms with Gasteiger partial charge in [-0.05, 0) is 44.4 Å². The molecule has 2 atom stereocenters. The molecular weight excluding hydrogens is 422 g/mol. The number of amides is 4. The summed E-state index contributed by atoms with van der Waals surface area (Å²) in [5, 5.41) is 16.5. The van der Waals surface area contributed by atoms with E-state index in [1.54, 1.807) is 11.0 Å². The first-order chi connectivity index (χ1) is 15.8. The lowest BCUT2D eigenvalue weighted by atomic mass is 10.0. The van der Waals surface area contributed by atoms with Crippen molar-refractivity contribution < 1.29 is 14.5 Å². The molecule has 2 heterocycles. The number of fused-ring (bicyclic) bond motifs is 2. The van der Waals surface area contributed by atoms with E-state index in [-0.39, 0.29) is 29.8 Å². The fourth-order valence-electron chi connectivity index (χ4n) is 4.14. The molecule has 2 unspecified atom stereocenters. The van der Waals surface area contributed by atoms with Crippen molar-refractivity contribution in [3.05, 3.63) is 63.7 Å². The van der Waals surface area contributed by atoms with E-state index in [2.05, 4.69) is 23.6 Å². The van der Waals surface area contributed by atoms with Gasteiger partial charge in [-0.15, -0.1) is 0 Å². The molecule has 2 N–H and O–H groups in total. The lowest BCUT2D eigenvalue weighted by Crippen LogP contribution is -2.46. The number of rotatable bonds is 5. The van der Waals surface area contributed by atoms with Gasteiger partial charge in [-0.25, -0.2) is 9.59 Å². The summed E-state index contributed by atoms with van der Waals surface area (Å²) in [6, 6.07) is 12.5. The van der Waals surface area contributed by atoms with Crippen LogP contribution in [0.5, 0.6) is 0 Å². The molecule has 9 nitrogen and oxygen atoms in total. The van der Waals surface area contributed by atoms with E-state index in [4.69, 9.17) is 0 Å². The van der Waals surface area contributed by atoms with Crippen LogP contribution in [0.2, 0.25) is 0 Å². The maximum atomic E-state index is 11.9. The number of carbonyl (C=O) groups is 2. The molecule has 176 valence electrons. The lowest BCUT2D eigenvalue weighted by molar-refractivity contribution is -0.384. The highest BCUT2D eigenvalue weighted by molar-refractivity contribution is 5.96. The molecule has 0 aliphatic carbocycles. The van der Waals surface area contributed by atoms with Gasteiger partial charge in [-0.2, -0.15) is 0 Å². The Morgan fingerprint density at radius 2 is 1.36 bits per heavy atom. The highest BCUT2D eigenvalue weighted by atomic mass is 16.6. The van der Waals surface area contributed by atoms with Gasteiger partial charge in [-0.3, -0.25) is 19.9 Å². The van der Waals surface area contributed by atoms with Crippen molar-refractivity contribution in [3.63, 3.8) is 0 Å². The number of nitrogens with one attached hydrogen (secondary N) is 2. The Labute approximate surface area is 193 Å². The van der Waals surface area contributed by atoms with Gasteiger partial charge < -0.3 is 10.6 Å². The third-order valence-corrected chi connectivity index (χ3v) is 5.74. The standard InChI is InChI=1S/C12H15N3O3.C12H16N2O/c1-3-6-14-11-5-4-9(15(17)18)7-10(11)8(2)13-12(14)16;1-3-8-14-11-7-5-4-6-10(11)9(2)13-12(14)15/h4-5,7-8H,3,6H2,1-2H3,(H,13,16);4-7,9H,3,8H2,1-2H3,(H,13,15). The highest BCUT2D eigenvalue weighted by Crippen LogP contribution is 2.34. The monoisotopic (exact) mass is 453 g/mol. The van der Waals surface area contributed by atoms with Gasteiger partial charge in [0.05, 0.1) is 28.4 Å². The first kappa shape index (κ1) is 24.0. The van der Waals surface area contributed by atoms with Crippen LogP contribution in [0.3, 0.4) is 0 Å². The molecule has 0 fully saturated rings. The summed E-state index contributed by atoms with van der Waals surface area (Å²) in [5.41, 5.74) is 3.85. The van der Waals surface area contributed by atoms with Gasteiger partial charge in [0.1, 0.15) is 0 Å². The number of nitrogens with zero attached hydrogens (tertiary/aromatic N) is 3. The molecule has 0 radical (unpaired) electrons. The van der Waals surface area contributed by atoms with E-state index >= 15 is 0 Å². The minimum atomic E-state index is -0.423. The maximum Gasteiger partial charge on any atom is 0.322 e. The summed E-state index contributed by atoms with van der Waals surface area (Å²) in [7, 11) is 0. The summed E-state index contributed by atoms with van der Waals surface area (Å²) >= 11 is 0. The molecule has 2 aromatic carbocycles. The Balaban J connectivity index is 0.000000189. The molecule has 0 saturated carbocycles. The van der Waals surface area contributed by atoms with Crippen LogP contribution in [0.4, 0.5) is 26.7 Å². The second kappa shape index (κ2) is 10.3. The first-order valence-corrected chi connectivity index (χ1v) is 11.3. The van der Waals surface area contributed by atoms with Gasteiger partial charge >= 0.3 is 12.1 Å². The van der Waals surface area contributed by atoms with Crippen molar-refractivity contribution in [2.24, 2.45) is 0 Å². The predicted molar refractivity (Wildman–Crippen MR) is 129 cm³/mol. The van der Waals surface area contributed by atoms with E-state index in [0.717, 1.165) is 36.3 Å². The molecule has 0 bridgehead atoms. The first-order valence-electron chi connectivity index (χ1n) is 11.3. The Morgan fingerprint density at radius 3 is 1.91 bits per heavy atom.